The Labute approximate surface area is 170 Å². The van der Waals surface area contributed by atoms with Crippen molar-refractivity contribution in [2.45, 2.75) is 12.6 Å². The van der Waals surface area contributed by atoms with Crippen molar-refractivity contribution in [2.24, 2.45) is 5.92 Å². The van der Waals surface area contributed by atoms with Gasteiger partial charge in [-0.25, -0.2) is 13.8 Å². The predicted molar refractivity (Wildman–Crippen MR) is 105 cm³/mol. The molecule has 0 bridgehead atoms. The van der Waals surface area contributed by atoms with Gasteiger partial charge in [0.15, 0.2) is 11.6 Å². The maximum atomic E-state index is 14.5. The average molecular weight is 467 g/mol. The highest BCUT2D eigenvalue weighted by Gasteiger charge is 2.43. The summed E-state index contributed by atoms with van der Waals surface area (Å²) in [7, 11) is 0. The van der Waals surface area contributed by atoms with Crippen molar-refractivity contribution in [3.05, 3.63) is 46.0 Å². The zero-order valence-electron chi connectivity index (χ0n) is 14.0. The first kappa shape index (κ1) is 17.6. The van der Waals surface area contributed by atoms with Crippen LogP contribution in [-0.2, 0) is 4.79 Å². The maximum Gasteiger partial charge on any atom is 0.231 e. The van der Waals surface area contributed by atoms with Crippen molar-refractivity contribution >= 4 is 55.8 Å². The van der Waals surface area contributed by atoms with E-state index < -0.39 is 17.9 Å². The van der Waals surface area contributed by atoms with Crippen LogP contribution in [0.2, 0.25) is 5.02 Å². The number of anilines is 1. The maximum absolute atomic E-state index is 14.5. The first-order valence-electron chi connectivity index (χ1n) is 8.37. The lowest BCUT2D eigenvalue weighted by molar-refractivity contribution is -0.117. The van der Waals surface area contributed by atoms with Gasteiger partial charge in [-0.3, -0.25) is 9.89 Å². The van der Waals surface area contributed by atoms with Gasteiger partial charge < -0.3 is 9.72 Å². The smallest absolute Gasteiger partial charge is 0.231 e. The minimum Gasteiger partial charge on any atom is -0.309 e. The third kappa shape index (κ3) is 2.68. The molecule has 6 nitrogen and oxygen atoms in total. The van der Waals surface area contributed by atoms with E-state index in [0.29, 0.717) is 33.5 Å². The van der Waals surface area contributed by atoms with Gasteiger partial charge in [0, 0.05) is 22.7 Å². The van der Waals surface area contributed by atoms with E-state index in [9.17, 15) is 13.6 Å². The van der Waals surface area contributed by atoms with E-state index in [0.717, 1.165) is 0 Å². The van der Waals surface area contributed by atoms with Gasteiger partial charge in [0.05, 0.1) is 33.3 Å². The van der Waals surface area contributed by atoms with E-state index >= 15 is 0 Å². The van der Waals surface area contributed by atoms with Crippen LogP contribution in [0, 0.1) is 11.7 Å². The number of alkyl halides is 1. The summed E-state index contributed by atoms with van der Waals surface area (Å²) in [6.45, 7) is 0. The number of nitrogens with zero attached hydrogens (tertiary/aromatic N) is 3. The number of amides is 1. The van der Waals surface area contributed by atoms with Gasteiger partial charge in [-0.05, 0) is 34.5 Å². The Morgan fingerprint density at radius 1 is 1.39 bits per heavy atom. The summed E-state index contributed by atoms with van der Waals surface area (Å²) in [6.07, 6.45) is 4.09. The number of fused-ring (bicyclic) bond motifs is 2. The molecular weight excluding hydrogens is 456 g/mol. The molecule has 1 saturated carbocycles. The van der Waals surface area contributed by atoms with Gasteiger partial charge in [-0.1, -0.05) is 11.6 Å². The summed E-state index contributed by atoms with van der Waals surface area (Å²) in [6, 6.07) is 3.48. The van der Waals surface area contributed by atoms with E-state index in [1.807, 2.05) is 0 Å². The molecule has 5 rings (SSSR count). The molecule has 1 amide bonds. The van der Waals surface area contributed by atoms with E-state index in [-0.39, 0.29) is 21.8 Å². The van der Waals surface area contributed by atoms with Crippen LogP contribution < -0.4 is 5.32 Å². The molecule has 1 aliphatic carbocycles. The minimum atomic E-state index is -1.07. The van der Waals surface area contributed by atoms with Gasteiger partial charge in [-0.15, -0.1) is 0 Å². The second-order valence-corrected chi connectivity index (χ2v) is 7.80. The topological polar surface area (TPSA) is 75.1 Å². The van der Waals surface area contributed by atoms with Crippen LogP contribution in [0.4, 0.5) is 14.6 Å². The molecule has 1 aliphatic rings. The number of hydrogen-bond donors (Lipinski definition) is 2. The van der Waals surface area contributed by atoms with Crippen LogP contribution in [0.15, 0.2) is 35.2 Å². The van der Waals surface area contributed by atoms with E-state index in [1.165, 1.54) is 0 Å². The monoisotopic (exact) mass is 465 g/mol. The van der Waals surface area contributed by atoms with Crippen molar-refractivity contribution in [2.75, 3.05) is 5.32 Å². The molecule has 2 atom stereocenters. The Kier molecular flexibility index (Phi) is 3.92. The molecule has 3 aromatic heterocycles. The van der Waals surface area contributed by atoms with Crippen LogP contribution in [0.5, 0.6) is 0 Å². The molecule has 1 fully saturated rings. The number of benzene rings is 1. The van der Waals surface area contributed by atoms with Crippen molar-refractivity contribution in [3.8, 4) is 11.1 Å². The number of nitrogens with one attached hydrogen (secondary N) is 2. The van der Waals surface area contributed by atoms with E-state index in [2.05, 4.69) is 36.4 Å². The van der Waals surface area contributed by atoms with Gasteiger partial charge in [-0.2, -0.15) is 5.10 Å². The van der Waals surface area contributed by atoms with Crippen LogP contribution >= 0.6 is 27.5 Å². The average Bonchev–Trinajstić information content (AvgIpc) is 3.06. The molecule has 0 unspecified atom stereocenters. The van der Waals surface area contributed by atoms with Gasteiger partial charge in [0.2, 0.25) is 5.91 Å². The summed E-state index contributed by atoms with van der Waals surface area (Å²) < 4.78 is 29.5. The molecule has 0 saturated heterocycles. The summed E-state index contributed by atoms with van der Waals surface area (Å²) in [5.41, 5.74) is 2.21. The summed E-state index contributed by atoms with van der Waals surface area (Å²) in [5, 5.41) is 9.99. The van der Waals surface area contributed by atoms with Crippen LogP contribution in [0.25, 0.3) is 27.7 Å². The number of carbonyl (C=O) groups is 1. The normalized spacial score (nSPS) is 18.7. The van der Waals surface area contributed by atoms with Crippen LogP contribution in [0.1, 0.15) is 6.42 Å². The summed E-state index contributed by atoms with van der Waals surface area (Å²) in [4.78, 5) is 16.2. The summed E-state index contributed by atoms with van der Waals surface area (Å²) >= 11 is 9.48. The van der Waals surface area contributed by atoms with Crippen molar-refractivity contribution in [1.82, 2.24) is 19.6 Å². The molecule has 0 aliphatic heterocycles. The highest BCUT2D eigenvalue weighted by atomic mass is 79.9. The number of aromatic amines is 1. The molecule has 3 heterocycles. The molecule has 0 radical (unpaired) electrons. The highest BCUT2D eigenvalue weighted by Crippen LogP contribution is 2.41. The van der Waals surface area contributed by atoms with Crippen molar-refractivity contribution in [1.29, 1.82) is 0 Å². The number of carbonyl (C=O) groups excluding carboxylic acids is 1. The Bertz CT molecular complexity index is 1270. The first-order valence-corrected chi connectivity index (χ1v) is 9.54. The molecule has 10 heteroatoms. The number of hydrogen-bond acceptors (Lipinski definition) is 3. The number of imidazole rings is 1. The van der Waals surface area contributed by atoms with Gasteiger partial charge in [0.1, 0.15) is 11.8 Å². The third-order valence-electron chi connectivity index (χ3n) is 4.77. The zero-order chi connectivity index (χ0) is 19.6. The molecule has 142 valence electrons. The predicted octanol–water partition coefficient (Wildman–Crippen LogP) is 4.73. The lowest BCUT2D eigenvalue weighted by Gasteiger charge is -2.09. The lowest BCUT2D eigenvalue weighted by atomic mass is 10.0. The molecule has 28 heavy (non-hydrogen) atoms. The Balaban J connectivity index is 1.58. The van der Waals surface area contributed by atoms with Gasteiger partial charge in [0.25, 0.3) is 0 Å². The fourth-order valence-corrected chi connectivity index (χ4v) is 4.13. The Morgan fingerprint density at radius 3 is 2.93 bits per heavy atom. The number of aromatic nitrogens is 4. The number of rotatable bonds is 3. The van der Waals surface area contributed by atoms with Crippen molar-refractivity contribution in [3.63, 3.8) is 0 Å². The Morgan fingerprint density at radius 2 is 2.18 bits per heavy atom. The van der Waals surface area contributed by atoms with Crippen LogP contribution in [0.3, 0.4) is 0 Å². The minimum absolute atomic E-state index is 0.0310. The SMILES string of the molecule is O=C(Nc1cn2cc(-c3c(Cl)c(F)c(Br)c4[nH]ncc34)ccc2n1)[C@@H]1C[C@@H]1F. The third-order valence-corrected chi connectivity index (χ3v) is 5.87. The zero-order valence-corrected chi connectivity index (χ0v) is 16.4. The highest BCUT2D eigenvalue weighted by molar-refractivity contribution is 9.10. The second-order valence-electron chi connectivity index (χ2n) is 6.63. The number of halogens is 4. The standard InChI is InChI=1S/C18H11BrClF2N5O/c19-14-16(22)15(20)13(9-4-23-26-17(9)14)7-1-2-12-24-11(6-27(12)5-7)25-18(28)8-3-10(8)21/h1-2,4-6,8,10H,3H2,(H,23,26)(H,25,28)/t8-,10+/m1/s1. The fraction of sp³-hybridized carbons (Fsp3) is 0.167. The molecule has 4 aromatic rings. The molecular formula is C18H11BrClF2N5O. The van der Waals surface area contributed by atoms with E-state index in [4.69, 9.17) is 11.6 Å². The second kappa shape index (κ2) is 6.25. The van der Waals surface area contributed by atoms with Crippen LogP contribution in [-0.4, -0.2) is 31.7 Å². The van der Waals surface area contributed by atoms with Gasteiger partial charge >= 0.3 is 0 Å². The molecule has 2 N–H and O–H groups in total. The largest absolute Gasteiger partial charge is 0.309 e. The fourth-order valence-electron chi connectivity index (χ4n) is 3.21. The molecule has 0 spiro atoms. The summed E-state index contributed by atoms with van der Waals surface area (Å²) in [5.74, 6) is -1.24. The first-order chi connectivity index (χ1) is 13.4. The Hall–Kier alpha value is -2.52. The lowest BCUT2D eigenvalue weighted by Crippen LogP contribution is -2.15. The number of H-pyrrole nitrogens is 1. The van der Waals surface area contributed by atoms with E-state index in [1.54, 1.807) is 35.1 Å². The number of pyridine rings is 1. The molecule has 1 aromatic carbocycles. The van der Waals surface area contributed by atoms with Crippen molar-refractivity contribution < 1.29 is 13.6 Å². The quantitative estimate of drug-likeness (QED) is 0.429.